The maximum Gasteiger partial charge on any atom is 0.170 e. The molecule has 0 aliphatic carbocycles. The number of ether oxygens (including phenoxy) is 2. The lowest BCUT2D eigenvalue weighted by molar-refractivity contribution is 0.103. The second-order valence-electron chi connectivity index (χ2n) is 6.91. The van der Waals surface area contributed by atoms with Crippen molar-refractivity contribution in [1.29, 1.82) is 0 Å². The van der Waals surface area contributed by atoms with E-state index in [0.717, 1.165) is 22.3 Å². The Labute approximate surface area is 165 Å². The molecule has 0 aliphatic rings. The van der Waals surface area contributed by atoms with E-state index in [2.05, 4.69) is 16.9 Å². The number of aromatic nitrogens is 2. The van der Waals surface area contributed by atoms with Crippen LogP contribution in [0.3, 0.4) is 0 Å². The van der Waals surface area contributed by atoms with Crippen molar-refractivity contribution in [2.45, 2.75) is 26.0 Å². The van der Waals surface area contributed by atoms with E-state index in [1.54, 1.807) is 13.4 Å². The quantitative estimate of drug-likeness (QED) is 0.595. The third-order valence-corrected chi connectivity index (χ3v) is 4.44. The van der Waals surface area contributed by atoms with Gasteiger partial charge in [-0.25, -0.2) is 4.98 Å². The van der Waals surface area contributed by atoms with E-state index in [0.29, 0.717) is 24.1 Å². The van der Waals surface area contributed by atoms with Crippen LogP contribution in [0.2, 0.25) is 0 Å². The smallest absolute Gasteiger partial charge is 0.170 e. The number of hydrogen-bond donors (Lipinski definition) is 2. The van der Waals surface area contributed by atoms with Crippen molar-refractivity contribution in [3.63, 3.8) is 0 Å². The molecule has 2 N–H and O–H groups in total. The molecule has 0 saturated heterocycles. The Balaban J connectivity index is 1.88. The highest BCUT2D eigenvalue weighted by molar-refractivity contribution is 5.83. The van der Waals surface area contributed by atoms with Crippen molar-refractivity contribution in [1.82, 2.24) is 14.9 Å². The summed E-state index contributed by atoms with van der Waals surface area (Å²) >= 11 is 0. The highest BCUT2D eigenvalue weighted by atomic mass is 16.5. The molecule has 148 valence electrons. The summed E-state index contributed by atoms with van der Waals surface area (Å²) in [4.78, 5) is 4.43. The fourth-order valence-corrected chi connectivity index (χ4v) is 2.97. The van der Waals surface area contributed by atoms with Crippen molar-refractivity contribution in [3.8, 4) is 11.5 Å². The van der Waals surface area contributed by atoms with Crippen LogP contribution in [0, 0.1) is 0 Å². The van der Waals surface area contributed by atoms with E-state index >= 15 is 0 Å². The van der Waals surface area contributed by atoms with E-state index in [9.17, 15) is 5.11 Å². The molecule has 0 fully saturated rings. The average Bonchev–Trinajstić information content (AvgIpc) is 3.14. The standard InChI is InChI=1S/C22H27N3O3/c1-15(2)23-12-17(26)13-28-22-18(8-7-11-21(22)27-4)16(3)25-14-24-19-9-5-6-10-20(19)25/h5-11,14-15,17,23,26H,3,12-13H2,1-2,4H3. The van der Waals surface area contributed by atoms with Crippen molar-refractivity contribution in [2.75, 3.05) is 20.3 Å². The number of aliphatic hydroxyl groups is 1. The molecule has 0 amide bonds. The molecule has 1 aromatic heterocycles. The number of imidazole rings is 1. The van der Waals surface area contributed by atoms with Crippen LogP contribution in [0.15, 0.2) is 55.4 Å². The first-order valence-electron chi connectivity index (χ1n) is 9.34. The summed E-state index contributed by atoms with van der Waals surface area (Å²) in [7, 11) is 1.60. The van der Waals surface area contributed by atoms with Gasteiger partial charge in [-0.05, 0) is 24.3 Å². The van der Waals surface area contributed by atoms with Crippen LogP contribution < -0.4 is 14.8 Å². The van der Waals surface area contributed by atoms with Gasteiger partial charge in [0, 0.05) is 18.2 Å². The lowest BCUT2D eigenvalue weighted by Crippen LogP contribution is -2.35. The predicted molar refractivity (Wildman–Crippen MR) is 112 cm³/mol. The maximum atomic E-state index is 10.2. The Morgan fingerprint density at radius 2 is 2.00 bits per heavy atom. The summed E-state index contributed by atoms with van der Waals surface area (Å²) in [5.74, 6) is 1.14. The molecule has 0 aliphatic heterocycles. The zero-order chi connectivity index (χ0) is 20.1. The van der Waals surface area contributed by atoms with Crippen LogP contribution in [0.25, 0.3) is 16.7 Å². The van der Waals surface area contributed by atoms with Gasteiger partial charge in [-0.3, -0.25) is 4.57 Å². The molecule has 6 nitrogen and oxygen atoms in total. The molecular formula is C22H27N3O3. The second kappa shape index (κ2) is 8.91. The van der Waals surface area contributed by atoms with E-state index in [-0.39, 0.29) is 6.61 Å². The van der Waals surface area contributed by atoms with Crippen molar-refractivity contribution in [2.24, 2.45) is 0 Å². The minimum absolute atomic E-state index is 0.144. The van der Waals surface area contributed by atoms with Crippen molar-refractivity contribution in [3.05, 3.63) is 60.9 Å². The molecule has 0 radical (unpaired) electrons. The van der Waals surface area contributed by atoms with E-state index < -0.39 is 6.10 Å². The number of aliphatic hydroxyl groups excluding tert-OH is 1. The normalized spacial score (nSPS) is 12.3. The minimum atomic E-state index is -0.637. The van der Waals surface area contributed by atoms with Gasteiger partial charge in [0.25, 0.3) is 0 Å². The molecule has 3 rings (SSSR count). The van der Waals surface area contributed by atoms with Crippen LogP contribution in [0.5, 0.6) is 11.5 Å². The van der Waals surface area contributed by atoms with Crippen LogP contribution in [0.1, 0.15) is 19.4 Å². The van der Waals surface area contributed by atoms with Gasteiger partial charge in [-0.15, -0.1) is 0 Å². The maximum absolute atomic E-state index is 10.2. The third kappa shape index (κ3) is 4.35. The molecule has 1 heterocycles. The predicted octanol–water partition coefficient (Wildman–Crippen LogP) is 3.30. The Bertz CT molecular complexity index is 949. The molecule has 1 atom stereocenters. The van der Waals surface area contributed by atoms with Crippen LogP contribution in [-0.2, 0) is 0 Å². The Morgan fingerprint density at radius 3 is 2.75 bits per heavy atom. The lowest BCUT2D eigenvalue weighted by atomic mass is 10.1. The highest BCUT2D eigenvalue weighted by Gasteiger charge is 2.17. The van der Waals surface area contributed by atoms with Gasteiger partial charge in [-0.1, -0.05) is 38.6 Å². The van der Waals surface area contributed by atoms with E-state index in [1.165, 1.54) is 0 Å². The zero-order valence-corrected chi connectivity index (χ0v) is 16.6. The summed E-state index contributed by atoms with van der Waals surface area (Å²) in [6.45, 7) is 8.92. The molecule has 3 aromatic rings. The van der Waals surface area contributed by atoms with Gasteiger partial charge < -0.3 is 19.9 Å². The first-order chi connectivity index (χ1) is 13.5. The number of para-hydroxylation sites is 3. The largest absolute Gasteiger partial charge is 0.493 e. The summed E-state index contributed by atoms with van der Waals surface area (Å²) < 4.78 is 13.4. The van der Waals surface area contributed by atoms with E-state index in [1.807, 2.05) is 60.9 Å². The Hall–Kier alpha value is -2.83. The second-order valence-corrected chi connectivity index (χ2v) is 6.91. The van der Waals surface area contributed by atoms with Crippen LogP contribution in [-0.4, -0.2) is 47.1 Å². The number of hydrogen-bond acceptors (Lipinski definition) is 5. The molecule has 6 heteroatoms. The number of methoxy groups -OCH3 is 1. The highest BCUT2D eigenvalue weighted by Crippen LogP contribution is 2.36. The summed E-state index contributed by atoms with van der Waals surface area (Å²) in [6.07, 6.45) is 1.11. The molecule has 28 heavy (non-hydrogen) atoms. The third-order valence-electron chi connectivity index (χ3n) is 4.44. The van der Waals surface area contributed by atoms with Crippen molar-refractivity contribution < 1.29 is 14.6 Å². The summed E-state index contributed by atoms with van der Waals surface area (Å²) in [5.41, 5.74) is 3.36. The van der Waals surface area contributed by atoms with Crippen LogP contribution >= 0.6 is 0 Å². The minimum Gasteiger partial charge on any atom is -0.493 e. The summed E-state index contributed by atoms with van der Waals surface area (Å²) in [6, 6.07) is 13.8. The Morgan fingerprint density at radius 1 is 1.21 bits per heavy atom. The fourth-order valence-electron chi connectivity index (χ4n) is 2.97. The number of nitrogens with one attached hydrogen (secondary N) is 1. The molecule has 0 spiro atoms. The Kier molecular flexibility index (Phi) is 6.34. The monoisotopic (exact) mass is 381 g/mol. The number of fused-ring (bicyclic) bond motifs is 1. The molecular weight excluding hydrogens is 354 g/mol. The molecule has 1 unspecified atom stereocenters. The van der Waals surface area contributed by atoms with Gasteiger partial charge in [-0.2, -0.15) is 0 Å². The first kappa shape index (κ1) is 19.9. The first-order valence-corrected chi connectivity index (χ1v) is 9.34. The van der Waals surface area contributed by atoms with Gasteiger partial charge in [0.2, 0.25) is 0 Å². The topological polar surface area (TPSA) is 68.5 Å². The van der Waals surface area contributed by atoms with Crippen molar-refractivity contribution >= 4 is 16.7 Å². The number of nitrogens with zero attached hydrogens (tertiary/aromatic N) is 2. The molecule has 2 aromatic carbocycles. The molecule has 0 saturated carbocycles. The lowest BCUT2D eigenvalue weighted by Gasteiger charge is -2.20. The van der Waals surface area contributed by atoms with E-state index in [4.69, 9.17) is 9.47 Å². The van der Waals surface area contributed by atoms with Gasteiger partial charge in [0.05, 0.1) is 23.8 Å². The van der Waals surface area contributed by atoms with Gasteiger partial charge in [0.15, 0.2) is 11.5 Å². The number of benzene rings is 2. The SMILES string of the molecule is C=C(c1cccc(OC)c1OCC(O)CNC(C)C)n1cnc2ccccc21. The van der Waals surface area contributed by atoms with Crippen LogP contribution in [0.4, 0.5) is 0 Å². The summed E-state index contributed by atoms with van der Waals surface area (Å²) in [5, 5.41) is 13.4. The van der Waals surface area contributed by atoms with Gasteiger partial charge in [0.1, 0.15) is 19.0 Å². The zero-order valence-electron chi connectivity index (χ0n) is 16.6. The average molecular weight is 381 g/mol. The number of rotatable bonds is 9. The van der Waals surface area contributed by atoms with Gasteiger partial charge >= 0.3 is 0 Å². The molecule has 0 bridgehead atoms. The fraction of sp³-hybridized carbons (Fsp3) is 0.318.